The normalized spacial score (nSPS) is 25.9. The first kappa shape index (κ1) is 17.8. The molecule has 0 bridgehead atoms. The molecular formula is C20H31NO2. The summed E-state index contributed by atoms with van der Waals surface area (Å²) in [6.07, 6.45) is 3.24. The van der Waals surface area contributed by atoms with Gasteiger partial charge in [-0.3, -0.25) is 0 Å². The van der Waals surface area contributed by atoms with Gasteiger partial charge in [-0.2, -0.15) is 0 Å². The summed E-state index contributed by atoms with van der Waals surface area (Å²) < 4.78 is 5.93. The SMILES string of the molecule is CC(C)[C@@H]1CC[C@@H](C)C[C@H]1OC(=O)N(C)C(C)c1ccccc1. The van der Waals surface area contributed by atoms with Crippen molar-refractivity contribution < 1.29 is 9.53 Å². The fourth-order valence-electron chi connectivity index (χ4n) is 3.58. The van der Waals surface area contributed by atoms with E-state index in [0.29, 0.717) is 17.8 Å². The molecule has 0 saturated heterocycles. The number of rotatable bonds is 4. The highest BCUT2D eigenvalue weighted by Gasteiger charge is 2.34. The molecule has 1 aliphatic carbocycles. The zero-order valence-electron chi connectivity index (χ0n) is 15.2. The third kappa shape index (κ3) is 4.49. The molecule has 23 heavy (non-hydrogen) atoms. The van der Waals surface area contributed by atoms with Crippen LogP contribution >= 0.6 is 0 Å². The van der Waals surface area contributed by atoms with Crippen LogP contribution in [0.1, 0.15) is 58.6 Å². The van der Waals surface area contributed by atoms with Gasteiger partial charge in [0.2, 0.25) is 0 Å². The number of nitrogens with zero attached hydrogens (tertiary/aromatic N) is 1. The fraction of sp³-hybridized carbons (Fsp3) is 0.650. The van der Waals surface area contributed by atoms with E-state index in [4.69, 9.17) is 4.74 Å². The smallest absolute Gasteiger partial charge is 0.410 e. The number of ether oxygens (including phenoxy) is 1. The largest absolute Gasteiger partial charge is 0.446 e. The Morgan fingerprint density at radius 3 is 2.43 bits per heavy atom. The van der Waals surface area contributed by atoms with E-state index in [1.165, 1.54) is 6.42 Å². The lowest BCUT2D eigenvalue weighted by Crippen LogP contribution is -2.40. The molecule has 0 N–H and O–H groups in total. The number of amides is 1. The maximum atomic E-state index is 12.6. The van der Waals surface area contributed by atoms with Crippen molar-refractivity contribution in [2.24, 2.45) is 17.8 Å². The van der Waals surface area contributed by atoms with Crippen LogP contribution in [-0.4, -0.2) is 24.1 Å². The van der Waals surface area contributed by atoms with Crippen LogP contribution in [0.15, 0.2) is 30.3 Å². The number of hydrogen-bond donors (Lipinski definition) is 0. The van der Waals surface area contributed by atoms with Crippen molar-refractivity contribution in [2.45, 2.75) is 59.1 Å². The maximum Gasteiger partial charge on any atom is 0.410 e. The Morgan fingerprint density at radius 1 is 1.17 bits per heavy atom. The third-order valence-corrected chi connectivity index (χ3v) is 5.36. The second kappa shape index (κ2) is 7.85. The molecule has 1 aromatic carbocycles. The number of carbonyl (C=O) groups excluding carboxylic acids is 1. The summed E-state index contributed by atoms with van der Waals surface area (Å²) in [5.74, 6) is 1.67. The Labute approximate surface area is 141 Å². The van der Waals surface area contributed by atoms with Gasteiger partial charge in [-0.1, -0.05) is 57.5 Å². The molecular weight excluding hydrogens is 286 g/mol. The van der Waals surface area contributed by atoms with Crippen molar-refractivity contribution in [3.8, 4) is 0 Å². The van der Waals surface area contributed by atoms with Crippen molar-refractivity contribution in [3.05, 3.63) is 35.9 Å². The second-order valence-electron chi connectivity index (χ2n) is 7.45. The van der Waals surface area contributed by atoms with Crippen molar-refractivity contribution >= 4 is 6.09 Å². The zero-order valence-corrected chi connectivity index (χ0v) is 15.2. The van der Waals surface area contributed by atoms with Crippen LogP contribution < -0.4 is 0 Å². The summed E-state index contributed by atoms with van der Waals surface area (Å²) in [5, 5.41) is 0. The van der Waals surface area contributed by atoms with E-state index in [0.717, 1.165) is 18.4 Å². The predicted octanol–water partition coefficient (Wildman–Crippen LogP) is 5.28. The molecule has 1 amide bonds. The molecule has 1 aromatic rings. The minimum absolute atomic E-state index is 0.0159. The summed E-state index contributed by atoms with van der Waals surface area (Å²) >= 11 is 0. The Morgan fingerprint density at radius 2 is 1.83 bits per heavy atom. The van der Waals surface area contributed by atoms with Gasteiger partial charge in [0, 0.05) is 7.05 Å². The molecule has 2 rings (SSSR count). The highest BCUT2D eigenvalue weighted by atomic mass is 16.6. The molecule has 1 fully saturated rings. The van der Waals surface area contributed by atoms with Gasteiger partial charge >= 0.3 is 6.09 Å². The van der Waals surface area contributed by atoms with Gasteiger partial charge < -0.3 is 9.64 Å². The lowest BCUT2D eigenvalue weighted by atomic mass is 9.75. The standard InChI is InChI=1S/C20H31NO2/c1-14(2)18-12-11-15(3)13-19(18)23-20(22)21(5)16(4)17-9-7-6-8-10-17/h6-10,14-16,18-19H,11-13H2,1-5H3/t15-,16?,18+,19-/m1/s1. The molecule has 0 aromatic heterocycles. The van der Waals surface area contributed by atoms with Gasteiger partial charge in [-0.25, -0.2) is 4.79 Å². The molecule has 0 spiro atoms. The summed E-state index contributed by atoms with van der Waals surface area (Å²) in [6, 6.07) is 10.1. The number of benzene rings is 1. The molecule has 3 nitrogen and oxygen atoms in total. The van der Waals surface area contributed by atoms with E-state index in [2.05, 4.69) is 20.8 Å². The van der Waals surface area contributed by atoms with Gasteiger partial charge in [-0.15, -0.1) is 0 Å². The van der Waals surface area contributed by atoms with E-state index in [1.807, 2.05) is 44.3 Å². The maximum absolute atomic E-state index is 12.6. The first-order chi connectivity index (χ1) is 10.9. The van der Waals surface area contributed by atoms with Crippen molar-refractivity contribution in [1.82, 2.24) is 4.90 Å². The molecule has 1 aliphatic rings. The molecule has 3 heteroatoms. The van der Waals surface area contributed by atoms with E-state index in [1.54, 1.807) is 4.90 Å². The van der Waals surface area contributed by atoms with E-state index < -0.39 is 0 Å². The van der Waals surface area contributed by atoms with E-state index >= 15 is 0 Å². The van der Waals surface area contributed by atoms with Gasteiger partial charge in [0.25, 0.3) is 0 Å². The van der Waals surface area contributed by atoms with Crippen LogP contribution in [0, 0.1) is 17.8 Å². The minimum atomic E-state index is -0.203. The van der Waals surface area contributed by atoms with Crippen molar-refractivity contribution in [1.29, 1.82) is 0 Å². The lowest BCUT2D eigenvalue weighted by Gasteiger charge is -2.38. The van der Waals surface area contributed by atoms with Crippen molar-refractivity contribution in [3.63, 3.8) is 0 Å². The van der Waals surface area contributed by atoms with E-state index in [-0.39, 0.29) is 18.2 Å². The molecule has 128 valence electrons. The van der Waals surface area contributed by atoms with Gasteiger partial charge in [0.1, 0.15) is 6.10 Å². The predicted molar refractivity (Wildman–Crippen MR) is 94.2 cm³/mol. The van der Waals surface area contributed by atoms with Crippen LogP contribution in [0.4, 0.5) is 4.79 Å². The number of carbonyl (C=O) groups is 1. The van der Waals surface area contributed by atoms with E-state index in [9.17, 15) is 4.79 Å². The van der Waals surface area contributed by atoms with Crippen LogP contribution in [0.2, 0.25) is 0 Å². The fourth-order valence-corrected chi connectivity index (χ4v) is 3.58. The molecule has 0 aliphatic heterocycles. The Kier molecular flexibility index (Phi) is 6.09. The quantitative estimate of drug-likeness (QED) is 0.756. The topological polar surface area (TPSA) is 29.5 Å². The number of hydrogen-bond acceptors (Lipinski definition) is 2. The van der Waals surface area contributed by atoms with Gasteiger partial charge in [0.15, 0.2) is 0 Å². The van der Waals surface area contributed by atoms with Crippen LogP contribution in [0.3, 0.4) is 0 Å². The highest BCUT2D eigenvalue weighted by Crippen LogP contribution is 2.35. The lowest BCUT2D eigenvalue weighted by molar-refractivity contribution is -0.0112. The molecule has 4 atom stereocenters. The van der Waals surface area contributed by atoms with Gasteiger partial charge in [0.05, 0.1) is 6.04 Å². The molecule has 1 unspecified atom stereocenters. The molecule has 0 heterocycles. The van der Waals surface area contributed by atoms with Gasteiger partial charge in [-0.05, 0) is 43.1 Å². The Bertz CT molecular complexity index is 500. The second-order valence-corrected chi connectivity index (χ2v) is 7.45. The summed E-state index contributed by atoms with van der Waals surface area (Å²) in [5.41, 5.74) is 1.13. The van der Waals surface area contributed by atoms with Crippen LogP contribution in [0.25, 0.3) is 0 Å². The minimum Gasteiger partial charge on any atom is -0.446 e. The summed E-state index contributed by atoms with van der Waals surface area (Å²) in [7, 11) is 1.83. The summed E-state index contributed by atoms with van der Waals surface area (Å²) in [4.78, 5) is 14.3. The third-order valence-electron chi connectivity index (χ3n) is 5.36. The van der Waals surface area contributed by atoms with Crippen molar-refractivity contribution in [2.75, 3.05) is 7.05 Å². The van der Waals surface area contributed by atoms with Crippen LogP contribution in [0.5, 0.6) is 0 Å². The zero-order chi connectivity index (χ0) is 17.0. The average Bonchev–Trinajstić information content (AvgIpc) is 2.54. The molecule has 1 saturated carbocycles. The highest BCUT2D eigenvalue weighted by molar-refractivity contribution is 5.68. The monoisotopic (exact) mass is 317 g/mol. The van der Waals surface area contributed by atoms with Crippen LogP contribution in [-0.2, 0) is 4.74 Å². The molecule has 0 radical (unpaired) electrons. The first-order valence-electron chi connectivity index (χ1n) is 8.88. The Balaban J connectivity index is 2.01. The average molecular weight is 317 g/mol. The first-order valence-corrected chi connectivity index (χ1v) is 8.88. The summed E-state index contributed by atoms with van der Waals surface area (Å²) in [6.45, 7) is 8.77. The Hall–Kier alpha value is -1.51.